The maximum atomic E-state index is 9.16. The van der Waals surface area contributed by atoms with Gasteiger partial charge in [-0.3, -0.25) is 0 Å². The maximum absolute atomic E-state index is 9.16. The molecule has 0 radical (unpaired) electrons. The van der Waals surface area contributed by atoms with Crippen LogP contribution < -0.4 is 0 Å². The normalized spacial score (nSPS) is 15.6. The van der Waals surface area contributed by atoms with E-state index in [2.05, 4.69) is 21.7 Å². The van der Waals surface area contributed by atoms with Gasteiger partial charge >= 0.3 is 0 Å². The number of aromatic nitrogens is 3. The van der Waals surface area contributed by atoms with Crippen molar-refractivity contribution in [1.29, 1.82) is 0 Å². The molecule has 0 saturated heterocycles. The molecule has 1 saturated carbocycles. The molecular formula is C11H19N3O2. The molecule has 16 heavy (non-hydrogen) atoms. The van der Waals surface area contributed by atoms with Gasteiger partial charge in [0.25, 0.3) is 0 Å². The van der Waals surface area contributed by atoms with E-state index >= 15 is 0 Å². The van der Waals surface area contributed by atoms with Crippen molar-refractivity contribution in [2.75, 3.05) is 13.2 Å². The van der Waals surface area contributed by atoms with E-state index < -0.39 is 0 Å². The van der Waals surface area contributed by atoms with E-state index in [-0.39, 0.29) is 6.61 Å². The summed E-state index contributed by atoms with van der Waals surface area (Å²) in [7, 11) is 0. The molecule has 2 rings (SSSR count). The maximum Gasteiger partial charge on any atom is 0.159 e. The molecule has 90 valence electrons. The molecule has 0 unspecified atom stereocenters. The molecule has 0 spiro atoms. The zero-order valence-electron chi connectivity index (χ0n) is 9.72. The predicted molar refractivity (Wildman–Crippen MR) is 59.0 cm³/mol. The van der Waals surface area contributed by atoms with Crippen molar-refractivity contribution in [1.82, 2.24) is 14.8 Å². The van der Waals surface area contributed by atoms with Gasteiger partial charge in [0, 0.05) is 19.1 Å². The molecule has 1 N–H and O–H groups in total. The average molecular weight is 225 g/mol. The predicted octanol–water partition coefficient (Wildman–Crippen LogP) is 1.07. The standard InChI is InChI=1S/C11H19N3O2/c1-2-6-16-7-5-10-12-13-11(8-15)14(10)9-3-4-9/h9,15H,2-8H2,1H3. The summed E-state index contributed by atoms with van der Waals surface area (Å²) in [6.45, 7) is 3.55. The van der Waals surface area contributed by atoms with Gasteiger partial charge in [0.2, 0.25) is 0 Å². The van der Waals surface area contributed by atoms with Crippen molar-refractivity contribution in [2.45, 2.75) is 45.3 Å². The number of aliphatic hydroxyl groups is 1. The van der Waals surface area contributed by atoms with E-state index in [1.165, 1.54) is 12.8 Å². The number of hydrogen-bond acceptors (Lipinski definition) is 4. The molecule has 0 atom stereocenters. The smallest absolute Gasteiger partial charge is 0.159 e. The first kappa shape index (κ1) is 11.5. The molecule has 1 aromatic rings. The Kier molecular flexibility index (Phi) is 3.90. The fourth-order valence-electron chi connectivity index (χ4n) is 1.80. The highest BCUT2D eigenvalue weighted by Crippen LogP contribution is 2.36. The van der Waals surface area contributed by atoms with Crippen LogP contribution in [0.3, 0.4) is 0 Å². The lowest BCUT2D eigenvalue weighted by Gasteiger charge is -2.07. The molecule has 0 amide bonds. The van der Waals surface area contributed by atoms with Gasteiger partial charge in [-0.1, -0.05) is 6.92 Å². The highest BCUT2D eigenvalue weighted by atomic mass is 16.5. The van der Waals surface area contributed by atoms with Gasteiger partial charge in [0.05, 0.1) is 6.61 Å². The van der Waals surface area contributed by atoms with E-state index in [1.807, 2.05) is 0 Å². The highest BCUT2D eigenvalue weighted by molar-refractivity contribution is 5.02. The molecule has 1 fully saturated rings. The van der Waals surface area contributed by atoms with Gasteiger partial charge in [-0.25, -0.2) is 0 Å². The number of ether oxygens (including phenoxy) is 1. The van der Waals surface area contributed by atoms with Crippen molar-refractivity contribution in [3.63, 3.8) is 0 Å². The van der Waals surface area contributed by atoms with Crippen LogP contribution in [0, 0.1) is 0 Å². The summed E-state index contributed by atoms with van der Waals surface area (Å²) in [5.74, 6) is 1.63. The lowest BCUT2D eigenvalue weighted by atomic mass is 10.4. The average Bonchev–Trinajstić information content (AvgIpc) is 3.06. The van der Waals surface area contributed by atoms with Gasteiger partial charge in [-0.15, -0.1) is 10.2 Å². The van der Waals surface area contributed by atoms with Crippen LogP contribution in [0.1, 0.15) is 43.9 Å². The summed E-state index contributed by atoms with van der Waals surface area (Å²) >= 11 is 0. The van der Waals surface area contributed by atoms with E-state index in [1.54, 1.807) is 0 Å². The Hall–Kier alpha value is -0.940. The quantitative estimate of drug-likeness (QED) is 0.705. The van der Waals surface area contributed by atoms with E-state index in [0.29, 0.717) is 18.5 Å². The third-order valence-corrected chi connectivity index (χ3v) is 2.71. The van der Waals surface area contributed by atoms with Crippen LogP contribution in [-0.2, 0) is 17.8 Å². The summed E-state index contributed by atoms with van der Waals surface area (Å²) in [6.07, 6.45) is 4.17. The van der Waals surface area contributed by atoms with Crippen molar-refractivity contribution in [3.05, 3.63) is 11.6 Å². The summed E-state index contributed by atoms with van der Waals surface area (Å²) in [5, 5.41) is 17.3. The minimum Gasteiger partial charge on any atom is -0.388 e. The van der Waals surface area contributed by atoms with Crippen LogP contribution in [0.25, 0.3) is 0 Å². The van der Waals surface area contributed by atoms with Crippen LogP contribution in [0.4, 0.5) is 0 Å². The Morgan fingerprint density at radius 2 is 2.06 bits per heavy atom. The number of aliphatic hydroxyl groups excluding tert-OH is 1. The van der Waals surface area contributed by atoms with Gasteiger partial charge in [-0.05, 0) is 19.3 Å². The second-order valence-electron chi connectivity index (χ2n) is 4.15. The van der Waals surface area contributed by atoms with Crippen LogP contribution in [0.2, 0.25) is 0 Å². The van der Waals surface area contributed by atoms with Gasteiger partial charge in [0.1, 0.15) is 12.4 Å². The first-order chi connectivity index (χ1) is 7.86. The van der Waals surface area contributed by atoms with Gasteiger partial charge in [0.15, 0.2) is 5.82 Å². The molecule has 1 aliphatic rings. The summed E-state index contributed by atoms with van der Waals surface area (Å²) in [6, 6.07) is 0.512. The topological polar surface area (TPSA) is 60.2 Å². The van der Waals surface area contributed by atoms with Gasteiger partial charge < -0.3 is 14.4 Å². The molecule has 1 aliphatic carbocycles. The summed E-state index contributed by atoms with van der Waals surface area (Å²) in [4.78, 5) is 0. The molecule has 5 nitrogen and oxygen atoms in total. The minimum absolute atomic E-state index is 0.0285. The van der Waals surface area contributed by atoms with E-state index in [4.69, 9.17) is 9.84 Å². The lowest BCUT2D eigenvalue weighted by molar-refractivity contribution is 0.136. The summed E-state index contributed by atoms with van der Waals surface area (Å²) in [5.41, 5.74) is 0. The first-order valence-electron chi connectivity index (χ1n) is 5.98. The second kappa shape index (κ2) is 5.41. The third-order valence-electron chi connectivity index (χ3n) is 2.71. The zero-order valence-corrected chi connectivity index (χ0v) is 9.72. The van der Waals surface area contributed by atoms with Crippen molar-refractivity contribution >= 4 is 0 Å². The first-order valence-corrected chi connectivity index (χ1v) is 5.98. The zero-order chi connectivity index (χ0) is 11.4. The molecule has 1 heterocycles. The Balaban J connectivity index is 1.94. The third kappa shape index (κ3) is 2.59. The Morgan fingerprint density at radius 3 is 2.69 bits per heavy atom. The van der Waals surface area contributed by atoms with Crippen molar-refractivity contribution < 1.29 is 9.84 Å². The second-order valence-corrected chi connectivity index (χ2v) is 4.15. The fraction of sp³-hybridized carbons (Fsp3) is 0.818. The van der Waals surface area contributed by atoms with E-state index in [0.717, 1.165) is 25.3 Å². The minimum atomic E-state index is -0.0285. The van der Waals surface area contributed by atoms with Crippen LogP contribution >= 0.6 is 0 Å². The molecular weight excluding hydrogens is 206 g/mol. The molecule has 5 heteroatoms. The largest absolute Gasteiger partial charge is 0.388 e. The van der Waals surface area contributed by atoms with Gasteiger partial charge in [-0.2, -0.15) is 0 Å². The SMILES string of the molecule is CCCOCCc1nnc(CO)n1C1CC1. The van der Waals surface area contributed by atoms with Crippen LogP contribution in [0.5, 0.6) is 0 Å². The Morgan fingerprint density at radius 1 is 1.31 bits per heavy atom. The Bertz CT molecular complexity index is 334. The number of hydrogen-bond donors (Lipinski definition) is 1. The lowest BCUT2D eigenvalue weighted by Crippen LogP contribution is -2.09. The van der Waals surface area contributed by atoms with Crippen LogP contribution in [0.15, 0.2) is 0 Å². The van der Waals surface area contributed by atoms with Crippen molar-refractivity contribution in [2.24, 2.45) is 0 Å². The van der Waals surface area contributed by atoms with Crippen molar-refractivity contribution in [3.8, 4) is 0 Å². The van der Waals surface area contributed by atoms with E-state index in [9.17, 15) is 0 Å². The highest BCUT2D eigenvalue weighted by Gasteiger charge is 2.28. The molecule has 0 bridgehead atoms. The monoisotopic (exact) mass is 225 g/mol. The molecule has 0 aliphatic heterocycles. The molecule has 0 aromatic carbocycles. The van der Waals surface area contributed by atoms with Crippen LogP contribution in [-0.4, -0.2) is 33.1 Å². The molecule has 1 aromatic heterocycles. The fourth-order valence-corrected chi connectivity index (χ4v) is 1.80. The number of nitrogens with zero attached hydrogens (tertiary/aromatic N) is 3. The summed E-state index contributed by atoms with van der Waals surface area (Å²) < 4.78 is 7.52. The number of rotatable bonds is 7. The Labute approximate surface area is 95.4 Å².